The summed E-state index contributed by atoms with van der Waals surface area (Å²) in [5.74, 6) is -1.10. The monoisotopic (exact) mass is 413 g/mol. The molecule has 0 radical (unpaired) electrons. The van der Waals surface area contributed by atoms with Gasteiger partial charge in [0.1, 0.15) is 17.2 Å². The molecule has 1 amide bonds. The number of phenolic OH excluding ortho intramolecular Hbond substituents is 1. The number of benzene rings is 2. The van der Waals surface area contributed by atoms with Gasteiger partial charge in [-0.3, -0.25) is 14.4 Å². The summed E-state index contributed by atoms with van der Waals surface area (Å²) in [6.45, 7) is 4.21. The van der Waals surface area contributed by atoms with Crippen molar-refractivity contribution in [3.05, 3.63) is 79.9 Å². The SMILES string of the molecule is CC.CN(C)C(=O)c1cccc(Nc2c(NCc3ccc(F)cc3)c(=O)c2=O)c1O. The van der Waals surface area contributed by atoms with Gasteiger partial charge in [0.15, 0.2) is 5.75 Å². The lowest BCUT2D eigenvalue weighted by molar-refractivity contribution is 0.0824. The minimum atomic E-state index is -0.731. The highest BCUT2D eigenvalue weighted by atomic mass is 19.1. The second kappa shape index (κ2) is 9.69. The molecule has 0 fully saturated rings. The molecule has 0 bridgehead atoms. The molecular weight excluding hydrogens is 389 g/mol. The Morgan fingerprint density at radius 2 is 1.60 bits per heavy atom. The van der Waals surface area contributed by atoms with Crippen LogP contribution < -0.4 is 21.5 Å². The molecule has 8 heteroatoms. The van der Waals surface area contributed by atoms with Crippen LogP contribution in [0.25, 0.3) is 0 Å². The Morgan fingerprint density at radius 1 is 1.00 bits per heavy atom. The second-order valence-electron chi connectivity index (χ2n) is 6.41. The normalized spacial score (nSPS) is 10.2. The van der Waals surface area contributed by atoms with Crippen molar-refractivity contribution in [2.24, 2.45) is 0 Å². The topological polar surface area (TPSA) is 98.7 Å². The van der Waals surface area contributed by atoms with Crippen LogP contribution in [-0.4, -0.2) is 30.0 Å². The molecule has 3 aromatic carbocycles. The van der Waals surface area contributed by atoms with Crippen molar-refractivity contribution in [2.75, 3.05) is 24.7 Å². The van der Waals surface area contributed by atoms with Gasteiger partial charge in [0.2, 0.25) is 0 Å². The lowest BCUT2D eigenvalue weighted by Crippen LogP contribution is -2.36. The van der Waals surface area contributed by atoms with Crippen LogP contribution in [0.5, 0.6) is 5.75 Å². The lowest BCUT2D eigenvalue weighted by Gasteiger charge is -2.17. The minimum absolute atomic E-state index is 0.00290. The van der Waals surface area contributed by atoms with Crippen molar-refractivity contribution in [2.45, 2.75) is 20.4 Å². The summed E-state index contributed by atoms with van der Waals surface area (Å²) in [5.41, 5.74) is -0.439. The van der Waals surface area contributed by atoms with Crippen LogP contribution in [0.4, 0.5) is 21.5 Å². The number of halogens is 1. The van der Waals surface area contributed by atoms with Crippen molar-refractivity contribution in [3.63, 3.8) is 0 Å². The summed E-state index contributed by atoms with van der Waals surface area (Å²) in [6, 6.07) is 10.2. The summed E-state index contributed by atoms with van der Waals surface area (Å²) >= 11 is 0. The predicted octanol–water partition coefficient (Wildman–Crippen LogP) is 3.21. The van der Waals surface area contributed by atoms with Gasteiger partial charge in [-0.15, -0.1) is 0 Å². The largest absolute Gasteiger partial charge is 0.505 e. The van der Waals surface area contributed by atoms with Crippen LogP contribution in [0.15, 0.2) is 52.1 Å². The van der Waals surface area contributed by atoms with E-state index in [9.17, 15) is 23.9 Å². The van der Waals surface area contributed by atoms with E-state index in [1.54, 1.807) is 32.3 Å². The van der Waals surface area contributed by atoms with Crippen LogP contribution in [0.2, 0.25) is 0 Å². The highest BCUT2D eigenvalue weighted by Crippen LogP contribution is 2.32. The Hall–Kier alpha value is -3.68. The Morgan fingerprint density at radius 3 is 2.20 bits per heavy atom. The zero-order valence-corrected chi connectivity index (χ0v) is 17.2. The van der Waals surface area contributed by atoms with Gasteiger partial charge in [0.05, 0.1) is 11.3 Å². The Kier molecular flexibility index (Phi) is 7.30. The van der Waals surface area contributed by atoms with E-state index < -0.39 is 16.8 Å². The number of hydrogen-bond donors (Lipinski definition) is 3. The summed E-state index contributed by atoms with van der Waals surface area (Å²) in [7, 11) is 3.10. The number of nitrogens with zero attached hydrogens (tertiary/aromatic N) is 1. The van der Waals surface area contributed by atoms with E-state index in [0.717, 1.165) is 5.56 Å². The Balaban J connectivity index is 0.00000155. The molecule has 0 saturated carbocycles. The molecule has 158 valence electrons. The fourth-order valence-electron chi connectivity index (χ4n) is 2.66. The van der Waals surface area contributed by atoms with E-state index in [1.807, 2.05) is 13.8 Å². The first-order chi connectivity index (χ1) is 14.3. The smallest absolute Gasteiger partial charge is 0.257 e. The molecule has 0 aliphatic rings. The lowest BCUT2D eigenvalue weighted by atomic mass is 10.1. The zero-order chi connectivity index (χ0) is 22.4. The second-order valence-corrected chi connectivity index (χ2v) is 6.41. The standard InChI is InChI=1S/C20H18FN3O4.C2H6/c1-24(2)20(28)13-4-3-5-14(17(13)25)23-16-15(18(26)19(16)27)22-10-11-6-8-12(21)9-7-11;1-2/h3-9,22-23,25H,10H2,1-2H3;1-2H3. The van der Waals surface area contributed by atoms with Gasteiger partial charge in [-0.1, -0.05) is 32.0 Å². The molecule has 0 atom stereocenters. The number of para-hydroxylation sites is 1. The third-order valence-corrected chi connectivity index (χ3v) is 4.23. The maximum absolute atomic E-state index is 13.0. The molecule has 0 unspecified atom stereocenters. The third-order valence-electron chi connectivity index (χ3n) is 4.23. The molecule has 0 heterocycles. The fraction of sp³-hybridized carbons (Fsp3) is 0.227. The molecule has 0 spiro atoms. The first-order valence-electron chi connectivity index (χ1n) is 9.42. The Bertz CT molecular complexity index is 1100. The van der Waals surface area contributed by atoms with Crippen LogP contribution in [0, 0.1) is 5.82 Å². The molecule has 0 aliphatic carbocycles. The average Bonchev–Trinajstić information content (AvgIpc) is 2.76. The van der Waals surface area contributed by atoms with Crippen LogP contribution in [0.3, 0.4) is 0 Å². The Labute approximate surface area is 173 Å². The van der Waals surface area contributed by atoms with Crippen molar-refractivity contribution in [1.29, 1.82) is 0 Å². The molecule has 3 rings (SSSR count). The summed E-state index contributed by atoms with van der Waals surface area (Å²) in [6.07, 6.45) is 0. The highest BCUT2D eigenvalue weighted by Gasteiger charge is 2.23. The van der Waals surface area contributed by atoms with E-state index in [0.29, 0.717) is 0 Å². The maximum Gasteiger partial charge on any atom is 0.257 e. The van der Waals surface area contributed by atoms with Gasteiger partial charge in [-0.25, -0.2) is 4.39 Å². The molecule has 0 aliphatic heterocycles. The number of amides is 1. The first-order valence-corrected chi connectivity index (χ1v) is 9.42. The molecule has 0 saturated heterocycles. The van der Waals surface area contributed by atoms with Crippen molar-refractivity contribution in [1.82, 2.24) is 4.90 Å². The average molecular weight is 413 g/mol. The minimum Gasteiger partial charge on any atom is -0.505 e. The zero-order valence-electron chi connectivity index (χ0n) is 17.2. The number of carbonyl (C=O) groups excluding carboxylic acids is 1. The number of hydrogen-bond acceptors (Lipinski definition) is 6. The van der Waals surface area contributed by atoms with Crippen LogP contribution >= 0.6 is 0 Å². The van der Waals surface area contributed by atoms with E-state index in [2.05, 4.69) is 10.6 Å². The predicted molar refractivity (Wildman–Crippen MR) is 116 cm³/mol. The molecule has 3 N–H and O–H groups in total. The van der Waals surface area contributed by atoms with Gasteiger partial charge < -0.3 is 20.6 Å². The number of carbonyl (C=O) groups is 1. The van der Waals surface area contributed by atoms with Crippen molar-refractivity contribution in [3.8, 4) is 5.75 Å². The number of rotatable bonds is 6. The molecule has 3 aromatic rings. The van der Waals surface area contributed by atoms with E-state index in [1.165, 1.54) is 29.2 Å². The van der Waals surface area contributed by atoms with Crippen LogP contribution in [0.1, 0.15) is 29.8 Å². The van der Waals surface area contributed by atoms with Crippen molar-refractivity contribution >= 4 is 23.0 Å². The van der Waals surface area contributed by atoms with E-state index in [-0.39, 0.29) is 40.7 Å². The summed E-state index contributed by atoms with van der Waals surface area (Å²) in [5, 5.41) is 15.9. The number of nitrogens with one attached hydrogen (secondary N) is 2. The molecule has 0 aromatic heterocycles. The number of anilines is 3. The van der Waals surface area contributed by atoms with Gasteiger partial charge in [0, 0.05) is 20.6 Å². The van der Waals surface area contributed by atoms with Gasteiger partial charge in [-0.05, 0) is 29.8 Å². The quantitative estimate of drug-likeness (QED) is 0.424. The van der Waals surface area contributed by atoms with Crippen molar-refractivity contribution < 1.29 is 14.3 Å². The summed E-state index contributed by atoms with van der Waals surface area (Å²) < 4.78 is 13.0. The number of aromatic hydroxyl groups is 1. The van der Waals surface area contributed by atoms with E-state index in [4.69, 9.17) is 0 Å². The van der Waals surface area contributed by atoms with Gasteiger partial charge >= 0.3 is 0 Å². The molecule has 30 heavy (non-hydrogen) atoms. The summed E-state index contributed by atoms with van der Waals surface area (Å²) in [4.78, 5) is 37.3. The van der Waals surface area contributed by atoms with E-state index >= 15 is 0 Å². The molecular formula is C22H24FN3O4. The highest BCUT2D eigenvalue weighted by molar-refractivity contribution is 5.99. The number of phenols is 1. The molecule has 7 nitrogen and oxygen atoms in total. The third kappa shape index (κ3) is 4.65. The maximum atomic E-state index is 13.0. The van der Waals surface area contributed by atoms with Crippen LogP contribution in [-0.2, 0) is 6.54 Å². The van der Waals surface area contributed by atoms with Gasteiger partial charge in [0.25, 0.3) is 16.8 Å². The first kappa shape index (κ1) is 22.6. The fourth-order valence-corrected chi connectivity index (χ4v) is 2.66. The van der Waals surface area contributed by atoms with Gasteiger partial charge in [-0.2, -0.15) is 0 Å².